The van der Waals surface area contributed by atoms with Crippen LogP contribution in [0.1, 0.15) is 11.1 Å². The summed E-state index contributed by atoms with van der Waals surface area (Å²) in [7, 11) is 0. The lowest BCUT2D eigenvalue weighted by molar-refractivity contribution is -0.137. The van der Waals surface area contributed by atoms with Crippen LogP contribution in [-0.4, -0.2) is 37.2 Å². The topological polar surface area (TPSA) is 41.6 Å². The lowest BCUT2D eigenvalue weighted by Crippen LogP contribution is -2.45. The monoisotopic (exact) mass is 288 g/mol. The molecule has 110 valence electrons. The maximum atomic E-state index is 12.5. The number of halogens is 3. The third kappa shape index (κ3) is 3.86. The molecule has 2 amide bonds. The molecule has 20 heavy (non-hydrogen) atoms. The molecular weight excluding hydrogens is 273 g/mol. The van der Waals surface area contributed by atoms with Gasteiger partial charge in [0.2, 0.25) is 0 Å². The van der Waals surface area contributed by atoms with Crippen LogP contribution >= 0.6 is 0 Å². The fourth-order valence-corrected chi connectivity index (χ4v) is 1.91. The first-order valence-electron chi connectivity index (χ1n) is 6.23. The molecule has 1 aromatic carbocycles. The number of urea groups is 1. The van der Waals surface area contributed by atoms with Gasteiger partial charge in [-0.25, -0.2) is 4.79 Å². The van der Waals surface area contributed by atoms with Crippen LogP contribution in [0.5, 0.6) is 0 Å². The van der Waals surface area contributed by atoms with Crippen molar-refractivity contribution in [2.75, 3.05) is 26.3 Å². The van der Waals surface area contributed by atoms with Crippen LogP contribution in [0.15, 0.2) is 24.3 Å². The molecule has 1 saturated heterocycles. The number of carbonyl (C=O) groups is 1. The Bertz CT molecular complexity index is 471. The second kappa shape index (κ2) is 6.13. The third-order valence-corrected chi connectivity index (χ3v) is 3.00. The maximum Gasteiger partial charge on any atom is 0.416 e. The van der Waals surface area contributed by atoms with Gasteiger partial charge in [0.1, 0.15) is 0 Å². The average Bonchev–Trinajstić information content (AvgIpc) is 2.45. The molecule has 0 spiro atoms. The van der Waals surface area contributed by atoms with E-state index in [1.807, 2.05) is 0 Å². The summed E-state index contributed by atoms with van der Waals surface area (Å²) >= 11 is 0. The summed E-state index contributed by atoms with van der Waals surface area (Å²) in [5, 5.41) is 2.61. The van der Waals surface area contributed by atoms with Crippen molar-refractivity contribution in [3.05, 3.63) is 35.4 Å². The van der Waals surface area contributed by atoms with Gasteiger partial charge in [-0.15, -0.1) is 0 Å². The van der Waals surface area contributed by atoms with E-state index >= 15 is 0 Å². The minimum atomic E-state index is -4.37. The van der Waals surface area contributed by atoms with Crippen LogP contribution in [0.3, 0.4) is 0 Å². The molecule has 1 aliphatic heterocycles. The number of amides is 2. The highest BCUT2D eigenvalue weighted by atomic mass is 19.4. The molecule has 1 heterocycles. The summed E-state index contributed by atoms with van der Waals surface area (Å²) < 4.78 is 42.8. The minimum Gasteiger partial charge on any atom is -0.378 e. The van der Waals surface area contributed by atoms with Crippen LogP contribution in [0.2, 0.25) is 0 Å². The van der Waals surface area contributed by atoms with Crippen molar-refractivity contribution in [3.63, 3.8) is 0 Å². The average molecular weight is 288 g/mol. The van der Waals surface area contributed by atoms with E-state index < -0.39 is 11.7 Å². The molecule has 1 fully saturated rings. The Labute approximate surface area is 114 Å². The van der Waals surface area contributed by atoms with Crippen molar-refractivity contribution in [3.8, 4) is 0 Å². The maximum absolute atomic E-state index is 12.5. The minimum absolute atomic E-state index is 0.0696. The van der Waals surface area contributed by atoms with Gasteiger partial charge in [0, 0.05) is 19.6 Å². The fraction of sp³-hybridized carbons (Fsp3) is 0.462. The molecule has 0 unspecified atom stereocenters. The predicted octanol–water partition coefficient (Wildman–Crippen LogP) is 2.25. The molecule has 4 nitrogen and oxygen atoms in total. The number of ether oxygens (including phenoxy) is 1. The van der Waals surface area contributed by atoms with E-state index in [-0.39, 0.29) is 12.6 Å². The zero-order valence-corrected chi connectivity index (χ0v) is 10.7. The first-order valence-corrected chi connectivity index (χ1v) is 6.23. The van der Waals surface area contributed by atoms with Gasteiger partial charge in [-0.2, -0.15) is 13.2 Å². The van der Waals surface area contributed by atoms with Crippen LogP contribution < -0.4 is 5.32 Å². The van der Waals surface area contributed by atoms with Crippen LogP contribution in [0, 0.1) is 0 Å². The Kier molecular flexibility index (Phi) is 4.49. The first-order chi connectivity index (χ1) is 9.47. The molecule has 0 aliphatic carbocycles. The Hall–Kier alpha value is -1.76. The highest BCUT2D eigenvalue weighted by molar-refractivity contribution is 5.74. The van der Waals surface area contributed by atoms with E-state index in [4.69, 9.17) is 4.74 Å². The number of benzene rings is 1. The molecular formula is C13H15F3N2O2. The number of rotatable bonds is 2. The predicted molar refractivity (Wildman–Crippen MR) is 66.1 cm³/mol. The molecule has 1 aromatic rings. The van der Waals surface area contributed by atoms with E-state index in [0.29, 0.717) is 31.9 Å². The molecule has 7 heteroatoms. The summed E-state index contributed by atoms with van der Waals surface area (Å²) in [6, 6.07) is 4.64. The van der Waals surface area contributed by atoms with Gasteiger partial charge in [-0.05, 0) is 17.7 Å². The van der Waals surface area contributed by atoms with Crippen molar-refractivity contribution in [1.29, 1.82) is 0 Å². The van der Waals surface area contributed by atoms with Crippen molar-refractivity contribution in [2.45, 2.75) is 12.7 Å². The smallest absolute Gasteiger partial charge is 0.378 e. The zero-order chi connectivity index (χ0) is 14.6. The number of hydrogen-bond acceptors (Lipinski definition) is 2. The van der Waals surface area contributed by atoms with Crippen molar-refractivity contribution >= 4 is 6.03 Å². The van der Waals surface area contributed by atoms with Crippen LogP contribution in [0.4, 0.5) is 18.0 Å². The Morgan fingerprint density at radius 2 is 2.00 bits per heavy atom. The van der Waals surface area contributed by atoms with Crippen LogP contribution in [-0.2, 0) is 17.5 Å². The lowest BCUT2D eigenvalue weighted by atomic mass is 10.1. The molecule has 0 saturated carbocycles. The van der Waals surface area contributed by atoms with Gasteiger partial charge >= 0.3 is 12.2 Å². The number of nitrogens with one attached hydrogen (secondary N) is 1. The van der Waals surface area contributed by atoms with E-state index in [0.717, 1.165) is 12.1 Å². The molecule has 2 rings (SSSR count). The largest absolute Gasteiger partial charge is 0.416 e. The lowest BCUT2D eigenvalue weighted by Gasteiger charge is -2.27. The van der Waals surface area contributed by atoms with Crippen molar-refractivity contribution in [1.82, 2.24) is 10.2 Å². The van der Waals surface area contributed by atoms with Gasteiger partial charge in [0.25, 0.3) is 0 Å². The van der Waals surface area contributed by atoms with E-state index in [9.17, 15) is 18.0 Å². The zero-order valence-electron chi connectivity index (χ0n) is 10.7. The highest BCUT2D eigenvalue weighted by Crippen LogP contribution is 2.29. The Balaban J connectivity index is 1.92. The highest BCUT2D eigenvalue weighted by Gasteiger charge is 2.30. The van der Waals surface area contributed by atoms with Crippen LogP contribution in [0.25, 0.3) is 0 Å². The standard InChI is InChI=1S/C13H15F3N2O2/c14-13(15,16)11-3-1-2-10(8-11)9-17-12(19)18-4-6-20-7-5-18/h1-3,8H,4-7,9H2,(H,17,19). The SMILES string of the molecule is O=C(NCc1cccc(C(F)(F)F)c1)N1CCOCC1. The summed E-state index contributed by atoms with van der Waals surface area (Å²) in [6.45, 7) is 2.02. The Morgan fingerprint density at radius 3 is 2.65 bits per heavy atom. The van der Waals surface area contributed by atoms with E-state index in [2.05, 4.69) is 5.32 Å². The second-order valence-electron chi connectivity index (χ2n) is 4.46. The Morgan fingerprint density at radius 1 is 1.30 bits per heavy atom. The van der Waals surface area contributed by atoms with Gasteiger partial charge in [-0.3, -0.25) is 0 Å². The number of carbonyl (C=O) groups excluding carboxylic acids is 1. The van der Waals surface area contributed by atoms with Gasteiger partial charge in [-0.1, -0.05) is 12.1 Å². The van der Waals surface area contributed by atoms with Gasteiger partial charge in [0.15, 0.2) is 0 Å². The summed E-state index contributed by atoms with van der Waals surface area (Å²) in [5.74, 6) is 0. The molecule has 0 radical (unpaired) electrons. The second-order valence-corrected chi connectivity index (χ2v) is 4.46. The summed E-state index contributed by atoms with van der Waals surface area (Å²) in [5.41, 5.74) is -0.294. The molecule has 0 aromatic heterocycles. The number of morpholine rings is 1. The first kappa shape index (κ1) is 14.6. The van der Waals surface area contributed by atoms with Gasteiger partial charge < -0.3 is 15.0 Å². The third-order valence-electron chi connectivity index (χ3n) is 3.00. The van der Waals surface area contributed by atoms with E-state index in [1.165, 1.54) is 6.07 Å². The molecule has 0 bridgehead atoms. The quantitative estimate of drug-likeness (QED) is 0.907. The van der Waals surface area contributed by atoms with E-state index in [1.54, 1.807) is 11.0 Å². The van der Waals surface area contributed by atoms with Gasteiger partial charge in [0.05, 0.1) is 18.8 Å². The summed E-state index contributed by atoms with van der Waals surface area (Å²) in [4.78, 5) is 13.4. The van der Waals surface area contributed by atoms with Crippen molar-refractivity contribution in [2.24, 2.45) is 0 Å². The number of alkyl halides is 3. The number of hydrogen-bond donors (Lipinski definition) is 1. The molecule has 1 N–H and O–H groups in total. The normalized spacial score (nSPS) is 16.1. The fourth-order valence-electron chi connectivity index (χ4n) is 1.91. The molecule has 1 aliphatic rings. The number of nitrogens with zero attached hydrogens (tertiary/aromatic N) is 1. The van der Waals surface area contributed by atoms with Crippen molar-refractivity contribution < 1.29 is 22.7 Å². The summed E-state index contributed by atoms with van der Waals surface area (Å²) in [6.07, 6.45) is -4.37. The molecule has 0 atom stereocenters.